The van der Waals surface area contributed by atoms with Crippen LogP contribution < -0.4 is 4.74 Å². The van der Waals surface area contributed by atoms with E-state index >= 15 is 0 Å². The molecule has 0 saturated heterocycles. The summed E-state index contributed by atoms with van der Waals surface area (Å²) < 4.78 is 10.1. The molecule has 1 aromatic carbocycles. The molecule has 0 N–H and O–H groups in total. The molecule has 0 fully saturated rings. The largest absolute Gasteiger partial charge is 0.495 e. The molecule has 4 heteroatoms. The van der Waals surface area contributed by atoms with Crippen LogP contribution in [-0.2, 0) is 16.0 Å². The van der Waals surface area contributed by atoms with Gasteiger partial charge in [0.15, 0.2) is 0 Å². The van der Waals surface area contributed by atoms with E-state index in [1.807, 2.05) is 13.0 Å². The van der Waals surface area contributed by atoms with E-state index in [2.05, 4.69) is 0 Å². The number of hydrogen-bond donors (Lipinski definition) is 0. The quantitative estimate of drug-likeness (QED) is 0.762. The maximum Gasteiger partial charge on any atom is 0.310 e. The zero-order valence-electron chi connectivity index (χ0n) is 9.67. The number of carbonyl (C=O) groups excluding carboxylic acids is 1. The van der Waals surface area contributed by atoms with Crippen molar-refractivity contribution >= 4 is 17.6 Å². The van der Waals surface area contributed by atoms with Crippen molar-refractivity contribution in [2.24, 2.45) is 0 Å². The van der Waals surface area contributed by atoms with Crippen LogP contribution in [0, 0.1) is 6.92 Å². The molecule has 0 amide bonds. The van der Waals surface area contributed by atoms with E-state index in [9.17, 15) is 4.79 Å². The van der Waals surface area contributed by atoms with E-state index < -0.39 is 0 Å². The second-order valence-corrected chi connectivity index (χ2v) is 3.75. The monoisotopic (exact) mass is 242 g/mol. The molecule has 0 atom stereocenters. The fraction of sp³-hybridized carbons (Fsp3) is 0.417. The number of ether oxygens (including phenoxy) is 2. The highest BCUT2D eigenvalue weighted by atomic mass is 35.5. The number of esters is 1. The molecule has 0 aliphatic rings. The summed E-state index contributed by atoms with van der Waals surface area (Å²) in [5, 5.41) is 0.549. The number of halogens is 1. The van der Waals surface area contributed by atoms with Crippen LogP contribution in [0.3, 0.4) is 0 Å². The summed E-state index contributed by atoms with van der Waals surface area (Å²) in [6, 6.07) is 3.54. The molecule has 0 aliphatic carbocycles. The van der Waals surface area contributed by atoms with E-state index in [-0.39, 0.29) is 12.4 Å². The first-order valence-corrected chi connectivity index (χ1v) is 5.45. The third kappa shape index (κ3) is 2.89. The molecule has 0 heterocycles. The maximum absolute atomic E-state index is 11.4. The minimum atomic E-state index is -0.241. The Labute approximate surface area is 100 Å². The molecule has 3 nitrogen and oxygen atoms in total. The van der Waals surface area contributed by atoms with Crippen molar-refractivity contribution in [3.8, 4) is 5.75 Å². The lowest BCUT2D eigenvalue weighted by molar-refractivity contribution is -0.142. The summed E-state index contributed by atoms with van der Waals surface area (Å²) in [6.45, 7) is 4.05. The predicted molar refractivity (Wildman–Crippen MR) is 63.1 cm³/mol. The highest BCUT2D eigenvalue weighted by Gasteiger charge is 2.12. The van der Waals surface area contributed by atoms with Crippen LogP contribution in [0.2, 0.25) is 5.02 Å². The van der Waals surface area contributed by atoms with E-state index in [0.717, 1.165) is 11.1 Å². The molecule has 0 unspecified atom stereocenters. The SMILES string of the molecule is CCOC(=O)Cc1ccc(Cl)c(OC)c1C. The molecule has 0 bridgehead atoms. The average Bonchev–Trinajstić information content (AvgIpc) is 2.23. The smallest absolute Gasteiger partial charge is 0.310 e. The van der Waals surface area contributed by atoms with Crippen molar-refractivity contribution in [1.82, 2.24) is 0 Å². The van der Waals surface area contributed by atoms with Gasteiger partial charge in [-0.3, -0.25) is 4.79 Å². The van der Waals surface area contributed by atoms with Gasteiger partial charge in [0.25, 0.3) is 0 Å². The van der Waals surface area contributed by atoms with Crippen molar-refractivity contribution in [2.75, 3.05) is 13.7 Å². The molecular weight excluding hydrogens is 228 g/mol. The Kier molecular flexibility index (Phi) is 4.62. The number of rotatable bonds is 4. The Morgan fingerprint density at radius 1 is 1.44 bits per heavy atom. The molecule has 0 spiro atoms. The Bertz CT molecular complexity index is 388. The maximum atomic E-state index is 11.4. The molecule has 88 valence electrons. The van der Waals surface area contributed by atoms with E-state index in [0.29, 0.717) is 17.4 Å². The number of methoxy groups -OCH3 is 1. The third-order valence-electron chi connectivity index (χ3n) is 2.31. The molecular formula is C12H15ClO3. The van der Waals surface area contributed by atoms with Crippen LogP contribution in [0.15, 0.2) is 12.1 Å². The molecule has 0 saturated carbocycles. The molecule has 1 rings (SSSR count). The van der Waals surface area contributed by atoms with Crippen LogP contribution >= 0.6 is 11.6 Å². The zero-order valence-corrected chi connectivity index (χ0v) is 10.4. The van der Waals surface area contributed by atoms with Gasteiger partial charge in [0.05, 0.1) is 25.2 Å². The first-order valence-electron chi connectivity index (χ1n) is 5.07. The zero-order chi connectivity index (χ0) is 12.1. The molecule has 0 aromatic heterocycles. The normalized spacial score (nSPS) is 10.0. The van der Waals surface area contributed by atoms with Crippen molar-refractivity contribution in [3.63, 3.8) is 0 Å². The number of benzene rings is 1. The second kappa shape index (κ2) is 5.75. The van der Waals surface area contributed by atoms with Crippen LogP contribution in [0.4, 0.5) is 0 Å². The Balaban J connectivity index is 2.93. The highest BCUT2D eigenvalue weighted by molar-refractivity contribution is 6.32. The minimum absolute atomic E-state index is 0.241. The molecule has 1 aromatic rings. The van der Waals surface area contributed by atoms with Crippen LogP contribution in [0.1, 0.15) is 18.1 Å². The van der Waals surface area contributed by atoms with Crippen molar-refractivity contribution in [3.05, 3.63) is 28.3 Å². The Morgan fingerprint density at radius 2 is 2.12 bits per heavy atom. The highest BCUT2D eigenvalue weighted by Crippen LogP contribution is 2.30. The second-order valence-electron chi connectivity index (χ2n) is 3.35. The van der Waals surface area contributed by atoms with Gasteiger partial charge in [-0.1, -0.05) is 17.7 Å². The summed E-state index contributed by atoms with van der Waals surface area (Å²) in [4.78, 5) is 11.4. The van der Waals surface area contributed by atoms with Crippen molar-refractivity contribution in [1.29, 1.82) is 0 Å². The molecule has 0 aliphatic heterocycles. The first-order chi connectivity index (χ1) is 7.60. The van der Waals surface area contributed by atoms with Gasteiger partial charge in [-0.05, 0) is 31.0 Å². The van der Waals surface area contributed by atoms with Crippen LogP contribution in [0.25, 0.3) is 0 Å². The lowest BCUT2D eigenvalue weighted by Gasteiger charge is -2.11. The Morgan fingerprint density at radius 3 is 2.69 bits per heavy atom. The summed E-state index contributed by atoms with van der Waals surface area (Å²) in [6.07, 6.45) is 0.243. The van der Waals surface area contributed by atoms with Gasteiger partial charge in [0.1, 0.15) is 5.75 Å². The molecule has 16 heavy (non-hydrogen) atoms. The first kappa shape index (κ1) is 12.8. The van der Waals surface area contributed by atoms with Crippen LogP contribution in [0.5, 0.6) is 5.75 Å². The Hall–Kier alpha value is -1.22. The summed E-state index contributed by atoms with van der Waals surface area (Å²) in [7, 11) is 1.56. The number of carbonyl (C=O) groups is 1. The predicted octanol–water partition coefficient (Wildman–Crippen LogP) is 2.76. The van der Waals surface area contributed by atoms with Gasteiger partial charge in [0, 0.05) is 0 Å². The topological polar surface area (TPSA) is 35.5 Å². The fourth-order valence-corrected chi connectivity index (χ4v) is 1.79. The van der Waals surface area contributed by atoms with Crippen molar-refractivity contribution < 1.29 is 14.3 Å². The lowest BCUT2D eigenvalue weighted by Crippen LogP contribution is -2.09. The average molecular weight is 243 g/mol. The van der Waals surface area contributed by atoms with Crippen molar-refractivity contribution in [2.45, 2.75) is 20.3 Å². The van der Waals surface area contributed by atoms with E-state index in [1.54, 1.807) is 20.1 Å². The van der Waals surface area contributed by atoms with Gasteiger partial charge >= 0.3 is 5.97 Å². The van der Waals surface area contributed by atoms with Gasteiger partial charge < -0.3 is 9.47 Å². The number of hydrogen-bond acceptors (Lipinski definition) is 3. The molecule has 0 radical (unpaired) electrons. The summed E-state index contributed by atoms with van der Waals surface area (Å²) in [5.74, 6) is 0.374. The van der Waals surface area contributed by atoms with Gasteiger partial charge in [-0.15, -0.1) is 0 Å². The summed E-state index contributed by atoms with van der Waals surface area (Å²) >= 11 is 5.96. The minimum Gasteiger partial charge on any atom is -0.495 e. The standard InChI is InChI=1S/C12H15ClO3/c1-4-16-11(14)7-9-5-6-10(13)12(15-3)8(9)2/h5-6H,4,7H2,1-3H3. The van der Waals surface area contributed by atoms with Gasteiger partial charge in [0.2, 0.25) is 0 Å². The van der Waals surface area contributed by atoms with Gasteiger partial charge in [-0.25, -0.2) is 0 Å². The van der Waals surface area contributed by atoms with E-state index in [1.165, 1.54) is 0 Å². The van der Waals surface area contributed by atoms with E-state index in [4.69, 9.17) is 21.1 Å². The fourth-order valence-electron chi connectivity index (χ4n) is 1.51. The van der Waals surface area contributed by atoms with Crippen LogP contribution in [-0.4, -0.2) is 19.7 Å². The van der Waals surface area contributed by atoms with Gasteiger partial charge in [-0.2, -0.15) is 0 Å². The lowest BCUT2D eigenvalue weighted by atomic mass is 10.0. The third-order valence-corrected chi connectivity index (χ3v) is 2.61. The summed E-state index contributed by atoms with van der Waals surface area (Å²) in [5.41, 5.74) is 1.75.